The first-order valence-electron chi connectivity index (χ1n) is 5.08. The Hall–Kier alpha value is -0.210. The standard InChI is InChI=1S/C6H14O3.C3H8O3S/c1-2-6(3-7,4-8)5-9;1-2-3-7(4,5)6/h7-9H,2-5H2,1H3;2-3H2,1H3,(H,4,5,6). The molecule has 4 N–H and O–H groups in total. The van der Waals surface area contributed by atoms with Crippen LogP contribution < -0.4 is 0 Å². The van der Waals surface area contributed by atoms with Gasteiger partial charge in [-0.3, -0.25) is 4.55 Å². The lowest BCUT2D eigenvalue weighted by Crippen LogP contribution is -2.32. The highest BCUT2D eigenvalue weighted by atomic mass is 32.2. The fourth-order valence-corrected chi connectivity index (χ4v) is 1.26. The molecule has 0 fully saturated rings. The summed E-state index contributed by atoms with van der Waals surface area (Å²) in [7, 11) is -3.67. The lowest BCUT2D eigenvalue weighted by molar-refractivity contribution is 0.00304. The van der Waals surface area contributed by atoms with Crippen molar-refractivity contribution in [2.24, 2.45) is 5.41 Å². The van der Waals surface area contributed by atoms with Crippen LogP contribution in [0.2, 0.25) is 0 Å². The van der Waals surface area contributed by atoms with E-state index in [1.165, 1.54) is 0 Å². The number of aliphatic hydroxyl groups is 3. The molecule has 6 nitrogen and oxygen atoms in total. The minimum absolute atomic E-state index is 0.132. The summed E-state index contributed by atoms with van der Waals surface area (Å²) in [6, 6.07) is 0. The summed E-state index contributed by atoms with van der Waals surface area (Å²) in [6.07, 6.45) is 1.06. The van der Waals surface area contributed by atoms with Gasteiger partial charge in [-0.25, -0.2) is 0 Å². The van der Waals surface area contributed by atoms with E-state index in [4.69, 9.17) is 19.9 Å². The molecule has 0 aromatic carbocycles. The molecule has 0 spiro atoms. The summed E-state index contributed by atoms with van der Waals surface area (Å²) in [6.45, 7) is 3.04. The second kappa shape index (κ2) is 8.89. The van der Waals surface area contributed by atoms with Gasteiger partial charge in [0.1, 0.15) is 0 Å². The number of hydrogen-bond donors (Lipinski definition) is 4. The molecule has 0 aromatic rings. The molecule has 0 rings (SSSR count). The highest BCUT2D eigenvalue weighted by molar-refractivity contribution is 7.85. The lowest BCUT2D eigenvalue weighted by atomic mass is 9.88. The van der Waals surface area contributed by atoms with Crippen LogP contribution in [0.3, 0.4) is 0 Å². The molecule has 16 heavy (non-hydrogen) atoms. The average molecular weight is 258 g/mol. The Bertz CT molecular complexity index is 227. The maximum absolute atomic E-state index is 9.79. The van der Waals surface area contributed by atoms with Crippen LogP contribution in [0.5, 0.6) is 0 Å². The van der Waals surface area contributed by atoms with E-state index in [0.717, 1.165) is 0 Å². The summed E-state index contributed by atoms with van der Waals surface area (Å²) >= 11 is 0. The van der Waals surface area contributed by atoms with Crippen LogP contribution in [0.1, 0.15) is 26.7 Å². The van der Waals surface area contributed by atoms with Crippen LogP contribution in [-0.4, -0.2) is 53.9 Å². The molecule has 0 aliphatic carbocycles. The van der Waals surface area contributed by atoms with Crippen LogP contribution in [0.25, 0.3) is 0 Å². The molecule has 0 bridgehead atoms. The molecule has 100 valence electrons. The zero-order chi connectivity index (χ0) is 13.2. The van der Waals surface area contributed by atoms with Crippen LogP contribution in [-0.2, 0) is 10.1 Å². The normalized spacial score (nSPS) is 11.9. The van der Waals surface area contributed by atoms with Gasteiger partial charge < -0.3 is 15.3 Å². The molecular formula is C9H22O6S. The van der Waals surface area contributed by atoms with E-state index in [9.17, 15) is 8.42 Å². The van der Waals surface area contributed by atoms with Crippen molar-refractivity contribution in [1.29, 1.82) is 0 Å². The molecule has 0 aliphatic rings. The molecule has 0 saturated heterocycles. The van der Waals surface area contributed by atoms with Crippen molar-refractivity contribution in [3.63, 3.8) is 0 Å². The van der Waals surface area contributed by atoms with Crippen LogP contribution in [0.15, 0.2) is 0 Å². The predicted octanol–water partition coefficient (Wildman–Crippen LogP) is -0.356. The predicted molar refractivity (Wildman–Crippen MR) is 60.7 cm³/mol. The Kier molecular flexibility index (Phi) is 10.1. The Morgan fingerprint density at radius 1 is 1.00 bits per heavy atom. The SMILES string of the molecule is CCC(CO)(CO)CO.CCCS(=O)(=O)O. The zero-order valence-electron chi connectivity index (χ0n) is 9.76. The van der Waals surface area contributed by atoms with Gasteiger partial charge in [0.15, 0.2) is 0 Å². The van der Waals surface area contributed by atoms with Crippen molar-refractivity contribution < 1.29 is 28.3 Å². The first kappa shape index (κ1) is 18.2. The molecule has 0 heterocycles. The van der Waals surface area contributed by atoms with Gasteiger partial charge in [0.25, 0.3) is 10.1 Å². The third kappa shape index (κ3) is 9.05. The number of aliphatic hydroxyl groups excluding tert-OH is 3. The average Bonchev–Trinajstić information content (AvgIpc) is 2.21. The maximum Gasteiger partial charge on any atom is 0.264 e. The van der Waals surface area contributed by atoms with Gasteiger partial charge in [-0.1, -0.05) is 13.8 Å². The summed E-state index contributed by atoms with van der Waals surface area (Å²) in [5.41, 5.74) is -0.667. The van der Waals surface area contributed by atoms with Crippen molar-refractivity contribution in [3.8, 4) is 0 Å². The maximum atomic E-state index is 9.79. The lowest BCUT2D eigenvalue weighted by Gasteiger charge is -2.24. The van der Waals surface area contributed by atoms with Crippen molar-refractivity contribution in [2.45, 2.75) is 26.7 Å². The van der Waals surface area contributed by atoms with E-state index >= 15 is 0 Å². The molecule has 7 heteroatoms. The Balaban J connectivity index is 0. The minimum Gasteiger partial charge on any atom is -0.396 e. The summed E-state index contributed by atoms with van der Waals surface area (Å²) < 4.78 is 27.6. The van der Waals surface area contributed by atoms with E-state index in [2.05, 4.69) is 0 Å². The smallest absolute Gasteiger partial charge is 0.264 e. The first-order valence-corrected chi connectivity index (χ1v) is 6.69. The van der Waals surface area contributed by atoms with Crippen molar-refractivity contribution in [1.82, 2.24) is 0 Å². The molecular weight excluding hydrogens is 236 g/mol. The second-order valence-corrected chi connectivity index (χ2v) is 5.19. The molecule has 0 atom stereocenters. The van der Waals surface area contributed by atoms with Gasteiger partial charge in [0, 0.05) is 5.41 Å². The van der Waals surface area contributed by atoms with Gasteiger partial charge in [0.2, 0.25) is 0 Å². The molecule has 0 aliphatic heterocycles. The first-order chi connectivity index (χ1) is 7.30. The van der Waals surface area contributed by atoms with Crippen molar-refractivity contribution >= 4 is 10.1 Å². The Labute approximate surface area is 96.7 Å². The molecule has 0 saturated carbocycles. The third-order valence-electron chi connectivity index (χ3n) is 2.22. The molecule has 0 amide bonds. The van der Waals surface area contributed by atoms with Gasteiger partial charge in [-0.2, -0.15) is 8.42 Å². The van der Waals surface area contributed by atoms with E-state index in [0.29, 0.717) is 12.8 Å². The van der Waals surface area contributed by atoms with Gasteiger partial charge in [0.05, 0.1) is 25.6 Å². The van der Waals surface area contributed by atoms with Gasteiger partial charge in [-0.05, 0) is 12.8 Å². The van der Waals surface area contributed by atoms with E-state index in [1.54, 1.807) is 6.92 Å². The summed E-state index contributed by atoms with van der Waals surface area (Å²) in [4.78, 5) is 0. The van der Waals surface area contributed by atoms with Gasteiger partial charge in [-0.15, -0.1) is 0 Å². The fourth-order valence-electron chi connectivity index (χ4n) is 0.743. The fraction of sp³-hybridized carbons (Fsp3) is 1.00. The van der Waals surface area contributed by atoms with E-state index in [1.807, 2.05) is 6.92 Å². The van der Waals surface area contributed by atoms with Crippen LogP contribution in [0, 0.1) is 5.41 Å². The summed E-state index contributed by atoms with van der Waals surface area (Å²) in [5, 5.41) is 26.0. The quantitative estimate of drug-likeness (QED) is 0.484. The molecule has 0 aromatic heterocycles. The Morgan fingerprint density at radius 2 is 1.38 bits per heavy atom. The number of hydrogen-bond acceptors (Lipinski definition) is 5. The summed E-state index contributed by atoms with van der Waals surface area (Å²) in [5.74, 6) is -0.132. The van der Waals surface area contributed by atoms with E-state index < -0.39 is 15.5 Å². The third-order valence-corrected chi connectivity index (χ3v) is 3.14. The van der Waals surface area contributed by atoms with Gasteiger partial charge >= 0.3 is 0 Å². The van der Waals surface area contributed by atoms with Crippen molar-refractivity contribution in [2.75, 3.05) is 25.6 Å². The monoisotopic (exact) mass is 258 g/mol. The number of rotatable bonds is 6. The highest BCUT2D eigenvalue weighted by Gasteiger charge is 2.24. The molecule has 0 radical (unpaired) electrons. The van der Waals surface area contributed by atoms with Crippen molar-refractivity contribution in [3.05, 3.63) is 0 Å². The van der Waals surface area contributed by atoms with Crippen LogP contribution in [0.4, 0.5) is 0 Å². The highest BCUT2D eigenvalue weighted by Crippen LogP contribution is 2.18. The topological polar surface area (TPSA) is 115 Å². The largest absolute Gasteiger partial charge is 0.396 e. The second-order valence-electron chi connectivity index (χ2n) is 3.61. The zero-order valence-corrected chi connectivity index (χ0v) is 10.6. The van der Waals surface area contributed by atoms with Crippen LogP contribution >= 0.6 is 0 Å². The van der Waals surface area contributed by atoms with E-state index in [-0.39, 0.29) is 25.6 Å². The minimum atomic E-state index is -3.67. The Morgan fingerprint density at radius 3 is 1.38 bits per heavy atom. The molecule has 0 unspecified atom stereocenters.